The van der Waals surface area contributed by atoms with Crippen LogP contribution in [-0.2, 0) is 7.05 Å². The Morgan fingerprint density at radius 2 is 1.91 bits per heavy atom. The largest absolute Gasteiger partial charge is 0.299 e. The van der Waals surface area contributed by atoms with E-state index in [0.717, 1.165) is 11.2 Å². The molecule has 4 rings (SSSR count). The molecule has 0 aliphatic heterocycles. The Balaban J connectivity index is 2.21. The summed E-state index contributed by atoms with van der Waals surface area (Å²) >= 11 is 0. The number of hydrogen-bond donors (Lipinski definition) is 0. The maximum Gasteiger partial charge on any atom is 0.214 e. The fraction of sp³-hybridized carbons (Fsp3) is 0.158. The standard InChI is InChI=1S/C19H18N3/c1-13-9-11-21(3)16(12-13)18-14(2)7-8-15-19(18)22-10-5-4-6-17(22)20-15/h4-12H,1-3H3/q+1. The number of imidazole rings is 1. The molecule has 3 aromatic heterocycles. The van der Waals surface area contributed by atoms with Crippen molar-refractivity contribution in [3.8, 4) is 11.3 Å². The highest BCUT2D eigenvalue weighted by atomic mass is 15.0. The van der Waals surface area contributed by atoms with Crippen LogP contribution in [0.5, 0.6) is 0 Å². The zero-order valence-electron chi connectivity index (χ0n) is 13.0. The molecule has 0 spiro atoms. The fourth-order valence-corrected chi connectivity index (χ4v) is 3.10. The van der Waals surface area contributed by atoms with E-state index >= 15 is 0 Å². The number of fused-ring (bicyclic) bond motifs is 3. The van der Waals surface area contributed by atoms with Gasteiger partial charge in [0.05, 0.1) is 16.6 Å². The maximum atomic E-state index is 4.75. The van der Waals surface area contributed by atoms with Gasteiger partial charge in [-0.15, -0.1) is 0 Å². The summed E-state index contributed by atoms with van der Waals surface area (Å²) in [4.78, 5) is 4.75. The third-order valence-corrected chi connectivity index (χ3v) is 4.24. The Morgan fingerprint density at radius 1 is 1.05 bits per heavy atom. The van der Waals surface area contributed by atoms with E-state index in [-0.39, 0.29) is 0 Å². The van der Waals surface area contributed by atoms with Crippen molar-refractivity contribution in [3.63, 3.8) is 0 Å². The van der Waals surface area contributed by atoms with Gasteiger partial charge in [0, 0.05) is 18.3 Å². The molecule has 4 aromatic rings. The highest BCUT2D eigenvalue weighted by Crippen LogP contribution is 2.31. The summed E-state index contributed by atoms with van der Waals surface area (Å²) in [6.07, 6.45) is 4.20. The Labute approximate surface area is 129 Å². The van der Waals surface area contributed by atoms with E-state index < -0.39 is 0 Å². The number of rotatable bonds is 1. The Morgan fingerprint density at radius 3 is 2.77 bits per heavy atom. The SMILES string of the molecule is Cc1cc[n+](C)c(-c2c(C)ccc3nc4ccccn4c23)c1. The minimum absolute atomic E-state index is 0.986. The minimum Gasteiger partial charge on any atom is -0.299 e. The van der Waals surface area contributed by atoms with Gasteiger partial charge in [-0.25, -0.2) is 9.55 Å². The second kappa shape index (κ2) is 4.67. The van der Waals surface area contributed by atoms with Crippen molar-refractivity contribution in [2.45, 2.75) is 13.8 Å². The van der Waals surface area contributed by atoms with Gasteiger partial charge in [-0.3, -0.25) is 4.40 Å². The molecule has 0 bridgehead atoms. The normalized spacial score (nSPS) is 11.4. The van der Waals surface area contributed by atoms with Crippen LogP contribution in [0.15, 0.2) is 54.9 Å². The summed E-state index contributed by atoms with van der Waals surface area (Å²) in [5, 5.41) is 0. The Bertz CT molecular complexity index is 1010. The van der Waals surface area contributed by atoms with Crippen LogP contribution in [0.2, 0.25) is 0 Å². The van der Waals surface area contributed by atoms with E-state index in [4.69, 9.17) is 4.98 Å². The summed E-state index contributed by atoms with van der Waals surface area (Å²) in [5.74, 6) is 0. The third kappa shape index (κ3) is 1.82. The summed E-state index contributed by atoms with van der Waals surface area (Å²) in [6, 6.07) is 14.8. The van der Waals surface area contributed by atoms with Gasteiger partial charge in [0.25, 0.3) is 0 Å². The van der Waals surface area contributed by atoms with Gasteiger partial charge in [0.1, 0.15) is 12.7 Å². The molecule has 0 radical (unpaired) electrons. The van der Waals surface area contributed by atoms with Gasteiger partial charge in [-0.05, 0) is 43.2 Å². The first-order valence-corrected chi connectivity index (χ1v) is 7.48. The molecule has 0 saturated carbocycles. The first-order valence-electron chi connectivity index (χ1n) is 7.48. The van der Waals surface area contributed by atoms with Crippen molar-refractivity contribution >= 4 is 16.7 Å². The zero-order chi connectivity index (χ0) is 15.3. The lowest BCUT2D eigenvalue weighted by molar-refractivity contribution is -0.660. The average Bonchev–Trinajstić information content (AvgIpc) is 2.89. The second-order valence-electron chi connectivity index (χ2n) is 5.87. The number of hydrogen-bond acceptors (Lipinski definition) is 1. The van der Waals surface area contributed by atoms with Crippen LogP contribution < -0.4 is 4.57 Å². The zero-order valence-corrected chi connectivity index (χ0v) is 13.0. The van der Waals surface area contributed by atoms with Crippen molar-refractivity contribution in [1.82, 2.24) is 9.38 Å². The number of nitrogens with zero attached hydrogens (tertiary/aromatic N) is 3. The van der Waals surface area contributed by atoms with Crippen LogP contribution in [0, 0.1) is 13.8 Å². The van der Waals surface area contributed by atoms with Crippen LogP contribution in [0.1, 0.15) is 11.1 Å². The molecule has 0 fully saturated rings. The van der Waals surface area contributed by atoms with Gasteiger partial charge >= 0.3 is 0 Å². The van der Waals surface area contributed by atoms with Gasteiger partial charge in [-0.1, -0.05) is 12.1 Å². The molecule has 3 nitrogen and oxygen atoms in total. The molecule has 3 heteroatoms. The smallest absolute Gasteiger partial charge is 0.214 e. The highest BCUT2D eigenvalue weighted by Gasteiger charge is 2.19. The molecule has 0 atom stereocenters. The summed E-state index contributed by atoms with van der Waals surface area (Å²) in [7, 11) is 2.09. The molecular weight excluding hydrogens is 270 g/mol. The number of aryl methyl sites for hydroxylation is 3. The number of aromatic nitrogens is 3. The first kappa shape index (κ1) is 13.0. The quantitative estimate of drug-likeness (QED) is 0.490. The summed E-state index contributed by atoms with van der Waals surface area (Å²) in [6.45, 7) is 4.30. The second-order valence-corrected chi connectivity index (χ2v) is 5.87. The van der Waals surface area contributed by atoms with Crippen LogP contribution in [0.3, 0.4) is 0 Å². The monoisotopic (exact) mass is 288 g/mol. The Hall–Kier alpha value is -2.68. The molecule has 0 amide bonds. The van der Waals surface area contributed by atoms with E-state index in [1.807, 2.05) is 6.07 Å². The van der Waals surface area contributed by atoms with Gasteiger partial charge in [0.15, 0.2) is 6.20 Å². The van der Waals surface area contributed by atoms with Crippen molar-refractivity contribution in [2.75, 3.05) is 0 Å². The van der Waals surface area contributed by atoms with Crippen LogP contribution in [0.25, 0.3) is 27.9 Å². The topological polar surface area (TPSA) is 21.2 Å². The van der Waals surface area contributed by atoms with Crippen LogP contribution in [-0.4, -0.2) is 9.38 Å². The van der Waals surface area contributed by atoms with E-state index in [1.54, 1.807) is 0 Å². The van der Waals surface area contributed by atoms with E-state index in [1.165, 1.54) is 27.9 Å². The molecule has 0 aliphatic rings. The molecule has 0 N–H and O–H groups in total. The summed E-state index contributed by atoms with van der Waals surface area (Å²) in [5.41, 5.74) is 8.19. The molecular formula is C19H18N3+. The fourth-order valence-electron chi connectivity index (χ4n) is 3.10. The van der Waals surface area contributed by atoms with Crippen molar-refractivity contribution < 1.29 is 4.57 Å². The lowest BCUT2D eigenvalue weighted by atomic mass is 10.0. The minimum atomic E-state index is 0.986. The molecule has 0 unspecified atom stereocenters. The predicted molar refractivity (Wildman–Crippen MR) is 88.8 cm³/mol. The van der Waals surface area contributed by atoms with E-state index in [0.29, 0.717) is 0 Å². The number of pyridine rings is 2. The molecule has 1 aromatic carbocycles. The van der Waals surface area contributed by atoms with E-state index in [2.05, 4.69) is 78.7 Å². The summed E-state index contributed by atoms with van der Waals surface area (Å²) < 4.78 is 4.36. The van der Waals surface area contributed by atoms with Gasteiger partial charge < -0.3 is 0 Å². The average molecular weight is 288 g/mol. The molecule has 3 heterocycles. The highest BCUT2D eigenvalue weighted by molar-refractivity contribution is 5.94. The lowest BCUT2D eigenvalue weighted by Gasteiger charge is -2.08. The lowest BCUT2D eigenvalue weighted by Crippen LogP contribution is -2.30. The molecule has 108 valence electrons. The number of benzene rings is 1. The Kier molecular flexibility index (Phi) is 2.76. The van der Waals surface area contributed by atoms with Gasteiger partial charge in [-0.2, -0.15) is 0 Å². The van der Waals surface area contributed by atoms with Crippen molar-refractivity contribution in [1.29, 1.82) is 0 Å². The van der Waals surface area contributed by atoms with Crippen LogP contribution in [0.4, 0.5) is 0 Å². The van der Waals surface area contributed by atoms with Gasteiger partial charge in [0.2, 0.25) is 5.69 Å². The molecule has 0 aliphatic carbocycles. The first-order chi connectivity index (χ1) is 10.6. The molecule has 22 heavy (non-hydrogen) atoms. The maximum absolute atomic E-state index is 4.75. The molecule has 0 saturated heterocycles. The van der Waals surface area contributed by atoms with Crippen molar-refractivity contribution in [2.24, 2.45) is 7.05 Å². The van der Waals surface area contributed by atoms with Crippen LogP contribution >= 0.6 is 0 Å². The third-order valence-electron chi connectivity index (χ3n) is 4.24. The van der Waals surface area contributed by atoms with Crippen molar-refractivity contribution in [3.05, 3.63) is 66.0 Å². The van der Waals surface area contributed by atoms with E-state index in [9.17, 15) is 0 Å². The predicted octanol–water partition coefficient (Wildman–Crippen LogP) is 3.60.